The highest BCUT2D eigenvalue weighted by atomic mass is 32.1. The molecule has 1 aliphatic heterocycles. The summed E-state index contributed by atoms with van der Waals surface area (Å²) in [4.78, 5) is 28.2. The van der Waals surface area contributed by atoms with Crippen LogP contribution in [-0.2, 0) is 4.79 Å². The molecular formula is C13H17N3O2S. The van der Waals surface area contributed by atoms with Crippen molar-refractivity contribution in [1.29, 1.82) is 0 Å². The van der Waals surface area contributed by atoms with Crippen LogP contribution in [0.5, 0.6) is 0 Å². The lowest BCUT2D eigenvalue weighted by Gasteiger charge is -2.16. The molecule has 1 saturated heterocycles. The van der Waals surface area contributed by atoms with E-state index in [1.54, 1.807) is 23.2 Å². The standard InChI is InChI=1S/C13H17N3O2S/c1-2-11(17)16-7-5-9(8-16)15-12(18)10-4-3-6-14-13(10)19/h3-4,6,9H,2,5,7-8H2,1H3,(H,14,19)(H,15,18)/t9-/m0/s1. The van der Waals surface area contributed by atoms with Gasteiger partial charge in [0.15, 0.2) is 0 Å². The second-order valence-corrected chi connectivity index (χ2v) is 4.97. The monoisotopic (exact) mass is 279 g/mol. The first-order chi connectivity index (χ1) is 9.11. The van der Waals surface area contributed by atoms with E-state index in [4.69, 9.17) is 12.2 Å². The molecule has 1 fully saturated rings. The summed E-state index contributed by atoms with van der Waals surface area (Å²) in [6.45, 7) is 3.14. The number of rotatable bonds is 3. The second kappa shape index (κ2) is 5.97. The van der Waals surface area contributed by atoms with Crippen LogP contribution in [0.25, 0.3) is 0 Å². The fourth-order valence-corrected chi connectivity index (χ4v) is 2.42. The van der Waals surface area contributed by atoms with Gasteiger partial charge in [-0.25, -0.2) is 0 Å². The molecule has 0 spiro atoms. The Labute approximate surface area is 117 Å². The number of likely N-dealkylation sites (tertiary alicyclic amines) is 1. The fraction of sp³-hybridized carbons (Fsp3) is 0.462. The van der Waals surface area contributed by atoms with Gasteiger partial charge in [-0.3, -0.25) is 9.59 Å². The third kappa shape index (κ3) is 3.20. The fourth-order valence-electron chi connectivity index (χ4n) is 2.19. The number of H-pyrrole nitrogens is 1. The molecular weight excluding hydrogens is 262 g/mol. The van der Waals surface area contributed by atoms with Crippen molar-refractivity contribution in [3.05, 3.63) is 28.5 Å². The summed E-state index contributed by atoms with van der Waals surface area (Å²) in [5, 5.41) is 2.93. The van der Waals surface area contributed by atoms with Crippen molar-refractivity contribution >= 4 is 24.0 Å². The highest BCUT2D eigenvalue weighted by Gasteiger charge is 2.26. The van der Waals surface area contributed by atoms with E-state index in [1.807, 2.05) is 6.92 Å². The Hall–Kier alpha value is -1.69. The Morgan fingerprint density at radius 3 is 3.05 bits per heavy atom. The molecule has 1 atom stereocenters. The van der Waals surface area contributed by atoms with E-state index in [-0.39, 0.29) is 17.9 Å². The van der Waals surface area contributed by atoms with Gasteiger partial charge in [0, 0.05) is 31.7 Å². The molecule has 2 N–H and O–H groups in total. The van der Waals surface area contributed by atoms with Crippen LogP contribution in [0.3, 0.4) is 0 Å². The third-order valence-corrected chi connectivity index (χ3v) is 3.58. The number of aromatic amines is 1. The van der Waals surface area contributed by atoms with Gasteiger partial charge in [0.05, 0.1) is 5.56 Å². The zero-order chi connectivity index (χ0) is 13.8. The molecule has 1 aliphatic rings. The van der Waals surface area contributed by atoms with Crippen molar-refractivity contribution in [2.45, 2.75) is 25.8 Å². The molecule has 2 rings (SSSR count). The number of carbonyl (C=O) groups is 2. The highest BCUT2D eigenvalue weighted by molar-refractivity contribution is 7.71. The number of carbonyl (C=O) groups excluding carboxylic acids is 2. The molecule has 0 aliphatic carbocycles. The van der Waals surface area contributed by atoms with Crippen LogP contribution in [0.1, 0.15) is 30.1 Å². The lowest BCUT2D eigenvalue weighted by molar-refractivity contribution is -0.129. The first kappa shape index (κ1) is 13.7. The molecule has 0 bridgehead atoms. The smallest absolute Gasteiger partial charge is 0.254 e. The minimum Gasteiger partial charge on any atom is -0.352 e. The molecule has 1 aromatic heterocycles. The summed E-state index contributed by atoms with van der Waals surface area (Å²) >= 11 is 5.07. The van der Waals surface area contributed by atoms with E-state index in [1.165, 1.54) is 0 Å². The molecule has 0 saturated carbocycles. The minimum absolute atomic E-state index is 0.0117. The SMILES string of the molecule is CCC(=O)N1CC[C@H](NC(=O)c2ccc[nH]c2=S)C1. The number of aromatic nitrogens is 1. The zero-order valence-electron chi connectivity index (χ0n) is 10.8. The van der Waals surface area contributed by atoms with Crippen LogP contribution >= 0.6 is 12.2 Å². The van der Waals surface area contributed by atoms with E-state index in [2.05, 4.69) is 10.3 Å². The molecule has 1 aromatic rings. The first-order valence-corrected chi connectivity index (χ1v) is 6.79. The Morgan fingerprint density at radius 2 is 2.37 bits per heavy atom. The van der Waals surface area contributed by atoms with Crippen LogP contribution in [0.4, 0.5) is 0 Å². The number of pyridine rings is 1. The molecule has 0 aromatic carbocycles. The number of nitrogens with zero attached hydrogens (tertiary/aromatic N) is 1. The average molecular weight is 279 g/mol. The van der Waals surface area contributed by atoms with E-state index < -0.39 is 0 Å². The molecule has 5 nitrogen and oxygen atoms in total. The largest absolute Gasteiger partial charge is 0.352 e. The lowest BCUT2D eigenvalue weighted by atomic mass is 10.2. The Balaban J connectivity index is 1.96. The third-order valence-electron chi connectivity index (χ3n) is 3.24. The van der Waals surface area contributed by atoms with Gasteiger partial charge in [0.2, 0.25) is 5.91 Å². The molecule has 0 radical (unpaired) electrons. The summed E-state index contributed by atoms with van der Waals surface area (Å²) in [5.74, 6) is -0.0496. The zero-order valence-corrected chi connectivity index (χ0v) is 11.6. The van der Waals surface area contributed by atoms with Gasteiger partial charge in [0.25, 0.3) is 5.91 Å². The van der Waals surface area contributed by atoms with Crippen LogP contribution < -0.4 is 5.32 Å². The van der Waals surface area contributed by atoms with Gasteiger partial charge in [-0.15, -0.1) is 0 Å². The summed E-state index contributed by atoms with van der Waals surface area (Å²) < 4.78 is 0.430. The van der Waals surface area contributed by atoms with Crippen LogP contribution in [-0.4, -0.2) is 40.8 Å². The normalized spacial score (nSPS) is 18.4. The summed E-state index contributed by atoms with van der Waals surface area (Å²) in [7, 11) is 0. The number of amides is 2. The van der Waals surface area contributed by atoms with E-state index in [9.17, 15) is 9.59 Å². The maximum absolute atomic E-state index is 12.1. The van der Waals surface area contributed by atoms with Gasteiger partial charge in [-0.05, 0) is 18.6 Å². The highest BCUT2D eigenvalue weighted by Crippen LogP contribution is 2.11. The van der Waals surface area contributed by atoms with E-state index >= 15 is 0 Å². The molecule has 2 amide bonds. The van der Waals surface area contributed by atoms with E-state index in [0.29, 0.717) is 29.7 Å². The lowest BCUT2D eigenvalue weighted by Crippen LogP contribution is -2.38. The second-order valence-electron chi connectivity index (χ2n) is 4.57. The summed E-state index contributed by atoms with van der Waals surface area (Å²) in [6.07, 6.45) is 2.99. The van der Waals surface area contributed by atoms with Gasteiger partial charge >= 0.3 is 0 Å². The van der Waals surface area contributed by atoms with Crippen molar-refractivity contribution in [3.8, 4) is 0 Å². The Kier molecular flexibility index (Phi) is 4.31. The predicted octanol–water partition coefficient (Wildman–Crippen LogP) is 1.48. The topological polar surface area (TPSA) is 65.2 Å². The summed E-state index contributed by atoms with van der Waals surface area (Å²) in [6, 6.07) is 3.45. The van der Waals surface area contributed by atoms with Crippen molar-refractivity contribution in [1.82, 2.24) is 15.2 Å². The van der Waals surface area contributed by atoms with Crippen LogP contribution in [0.2, 0.25) is 0 Å². The van der Waals surface area contributed by atoms with Crippen LogP contribution in [0, 0.1) is 4.64 Å². The van der Waals surface area contributed by atoms with Gasteiger partial charge in [0.1, 0.15) is 4.64 Å². The minimum atomic E-state index is -0.183. The quantitative estimate of drug-likeness (QED) is 0.824. The average Bonchev–Trinajstić information content (AvgIpc) is 2.86. The van der Waals surface area contributed by atoms with Crippen LogP contribution in [0.15, 0.2) is 18.3 Å². The predicted molar refractivity (Wildman–Crippen MR) is 74.4 cm³/mol. The molecule has 6 heteroatoms. The first-order valence-electron chi connectivity index (χ1n) is 6.38. The molecule has 0 unspecified atom stereocenters. The number of hydrogen-bond acceptors (Lipinski definition) is 3. The van der Waals surface area contributed by atoms with E-state index in [0.717, 1.165) is 6.42 Å². The van der Waals surface area contributed by atoms with Crippen molar-refractivity contribution in [2.24, 2.45) is 0 Å². The molecule has 102 valence electrons. The number of hydrogen-bond donors (Lipinski definition) is 2. The van der Waals surface area contributed by atoms with Gasteiger partial charge in [-0.2, -0.15) is 0 Å². The van der Waals surface area contributed by atoms with Crippen molar-refractivity contribution in [2.75, 3.05) is 13.1 Å². The Morgan fingerprint density at radius 1 is 1.58 bits per heavy atom. The Bertz CT molecular complexity index is 541. The molecule has 19 heavy (non-hydrogen) atoms. The van der Waals surface area contributed by atoms with Gasteiger partial charge in [-0.1, -0.05) is 19.1 Å². The number of nitrogens with one attached hydrogen (secondary N) is 2. The van der Waals surface area contributed by atoms with Crippen molar-refractivity contribution in [3.63, 3.8) is 0 Å². The van der Waals surface area contributed by atoms with Gasteiger partial charge < -0.3 is 15.2 Å². The maximum Gasteiger partial charge on any atom is 0.254 e. The van der Waals surface area contributed by atoms with Crippen molar-refractivity contribution < 1.29 is 9.59 Å². The summed E-state index contributed by atoms with van der Waals surface area (Å²) in [5.41, 5.74) is 0.470. The molecule has 2 heterocycles. The maximum atomic E-state index is 12.1.